The normalized spacial score (nSPS) is 23.2. The molecule has 74 heavy (non-hydrogen) atoms. The summed E-state index contributed by atoms with van der Waals surface area (Å²) < 4.78 is 236. The molecule has 2 aliphatic rings. The minimum atomic E-state index is -4.64. The SMILES string of the molecule is [2H]c1c([2H])c([2H])c(-c2cc3c(c(-c4c([2H])c([2H])c5c(c4[2H])C(C([2H])([2H])[2H])(C([2H])([2H])[2H])C([2H])([2H])C([2H])([2H])C5(C([2H])([2H])[2H])C([2H])([2H])[2H])c2-[n+]2[c-]n(-c4[c-]c(Oc5[c-]c6c(cc5)c5ccccc5n6-c5cc(C(C)(C)C)ccn5)ccc4)c4ccccc42)C(C)(C)CCC3(C)C)c([2H])c1[2H].[Pt]. The van der Waals surface area contributed by atoms with Gasteiger partial charge in [0.25, 0.3) is 6.33 Å². The Morgan fingerprint density at radius 1 is 0.689 bits per heavy atom. The van der Waals surface area contributed by atoms with Crippen molar-refractivity contribution in [3.05, 3.63) is 198 Å². The molecule has 10 aromatic rings. The molecule has 3 aromatic heterocycles. The molecule has 0 amide bonds. The third-order valence-electron chi connectivity index (χ3n) is 14.5. The zero-order valence-corrected chi connectivity index (χ0v) is 44.0. The number of hydrogen-bond donors (Lipinski definition) is 0. The largest absolute Gasteiger partial charge is 0.510 e. The second kappa shape index (κ2) is 17.8. The Bertz CT molecular complexity index is 4910. The maximum atomic E-state index is 10.7. The number of imidazole rings is 1. The second-order valence-electron chi connectivity index (χ2n) is 21.4. The van der Waals surface area contributed by atoms with E-state index in [1.54, 1.807) is 79.2 Å². The van der Waals surface area contributed by atoms with Crippen molar-refractivity contribution < 1.29 is 63.3 Å². The van der Waals surface area contributed by atoms with Crippen LogP contribution in [0.1, 0.15) is 162 Å². The third kappa shape index (κ3) is 8.26. The molecule has 6 heteroatoms. The monoisotopic (exact) mass is 1170 g/mol. The van der Waals surface area contributed by atoms with Crippen LogP contribution in [0.3, 0.4) is 0 Å². The minimum Gasteiger partial charge on any atom is -0.510 e. The van der Waals surface area contributed by atoms with Gasteiger partial charge in [0.2, 0.25) is 0 Å². The van der Waals surface area contributed by atoms with Gasteiger partial charge >= 0.3 is 0 Å². The number of hydrogen-bond acceptors (Lipinski definition) is 2. The van der Waals surface area contributed by atoms with Crippen LogP contribution in [-0.4, -0.2) is 14.1 Å². The molecule has 0 N–H and O–H groups in total. The molecule has 2 aliphatic carbocycles. The van der Waals surface area contributed by atoms with Gasteiger partial charge in [-0.2, -0.15) is 18.2 Å². The molecule has 5 nitrogen and oxygen atoms in total. The first-order valence-corrected chi connectivity index (χ1v) is 24.2. The van der Waals surface area contributed by atoms with E-state index in [4.69, 9.17) is 30.3 Å². The molecule has 0 spiro atoms. The molecule has 0 saturated carbocycles. The van der Waals surface area contributed by atoms with Gasteiger partial charge in [-0.15, -0.1) is 29.7 Å². The summed E-state index contributed by atoms with van der Waals surface area (Å²) in [5, 5.41) is 1.82. The Kier molecular flexibility index (Phi) is 6.96. The minimum absolute atomic E-state index is 0. The van der Waals surface area contributed by atoms with Gasteiger partial charge in [-0.3, -0.25) is 4.57 Å². The molecule has 0 radical (unpaired) electrons. The van der Waals surface area contributed by atoms with Crippen LogP contribution in [0.5, 0.6) is 11.5 Å². The van der Waals surface area contributed by atoms with Gasteiger partial charge in [-0.25, -0.2) is 4.98 Å². The molecule has 0 fully saturated rings. The van der Waals surface area contributed by atoms with Crippen LogP contribution >= 0.6 is 0 Å². The molecule has 376 valence electrons. The smallest absolute Gasteiger partial charge is 0.268 e. The van der Waals surface area contributed by atoms with Crippen LogP contribution in [0.25, 0.3) is 72.3 Å². The van der Waals surface area contributed by atoms with E-state index in [-0.39, 0.29) is 78.0 Å². The summed E-state index contributed by atoms with van der Waals surface area (Å²) in [5.41, 5.74) is -12.8. The van der Waals surface area contributed by atoms with E-state index in [2.05, 4.69) is 39.2 Å². The topological polar surface area (TPSA) is 35.9 Å². The molecule has 0 saturated heterocycles. The van der Waals surface area contributed by atoms with Crippen LogP contribution < -0.4 is 9.30 Å². The number of para-hydroxylation sites is 3. The predicted octanol–water partition coefficient (Wildman–Crippen LogP) is 16.9. The van der Waals surface area contributed by atoms with Crippen molar-refractivity contribution >= 4 is 32.8 Å². The average molecular weight is 1170 g/mol. The van der Waals surface area contributed by atoms with Crippen molar-refractivity contribution in [2.45, 2.75) is 129 Å². The predicted molar refractivity (Wildman–Crippen MR) is 300 cm³/mol. The van der Waals surface area contributed by atoms with Gasteiger partial charge in [-0.05, 0) is 132 Å². The maximum absolute atomic E-state index is 10.7. The van der Waals surface area contributed by atoms with E-state index >= 15 is 0 Å². The zero-order valence-electron chi connectivity index (χ0n) is 65.7. The molecule has 7 aromatic carbocycles. The van der Waals surface area contributed by atoms with Gasteiger partial charge < -0.3 is 13.9 Å². The second-order valence-corrected chi connectivity index (χ2v) is 21.4. The van der Waals surface area contributed by atoms with Gasteiger partial charge in [0.05, 0.1) is 27.7 Å². The maximum Gasteiger partial charge on any atom is 0.268 e. The van der Waals surface area contributed by atoms with E-state index in [9.17, 15) is 12.3 Å². The van der Waals surface area contributed by atoms with E-state index in [0.717, 1.165) is 21.9 Å². The fraction of sp³-hybridized carbons (Fsp3) is 0.294. The van der Waals surface area contributed by atoms with Crippen molar-refractivity contribution in [1.82, 2.24) is 14.1 Å². The summed E-state index contributed by atoms with van der Waals surface area (Å²) in [6.07, 6.45) is -3.42. The molecule has 3 heterocycles. The molecular weight excluding hydrogens is 1080 g/mol. The fourth-order valence-electron chi connectivity index (χ4n) is 10.6. The van der Waals surface area contributed by atoms with Crippen molar-refractivity contribution in [2.24, 2.45) is 0 Å². The number of fused-ring (bicyclic) bond motifs is 6. The van der Waals surface area contributed by atoms with Crippen molar-refractivity contribution in [3.8, 4) is 50.9 Å². The summed E-state index contributed by atoms with van der Waals surface area (Å²) in [6, 6.07) is 27.6. The van der Waals surface area contributed by atoms with E-state index in [1.165, 1.54) is 4.57 Å². The fourth-order valence-corrected chi connectivity index (χ4v) is 10.6. The molecule has 12 rings (SSSR count). The van der Waals surface area contributed by atoms with Crippen molar-refractivity contribution in [3.63, 3.8) is 0 Å². The first-order chi connectivity index (χ1) is 44.7. The number of ether oxygens (including phenoxy) is 1. The Hall–Kier alpha value is -6.55. The molecule has 0 unspecified atom stereocenters. The van der Waals surface area contributed by atoms with Crippen molar-refractivity contribution in [2.75, 3.05) is 0 Å². The Labute approximate surface area is 486 Å². The summed E-state index contributed by atoms with van der Waals surface area (Å²) in [4.78, 5) is 4.80. The Balaban J connectivity index is 0.00000972. The Morgan fingerprint density at radius 2 is 1.41 bits per heavy atom. The average Bonchev–Trinajstić information content (AvgIpc) is 0.756. The van der Waals surface area contributed by atoms with Crippen LogP contribution in [0.15, 0.2) is 152 Å². The summed E-state index contributed by atoms with van der Waals surface area (Å²) in [5.74, 6) is 1.13. The molecule has 0 atom stereocenters. The number of pyridine rings is 1. The van der Waals surface area contributed by atoms with E-state index < -0.39 is 132 Å². The van der Waals surface area contributed by atoms with E-state index in [0.29, 0.717) is 28.8 Å². The summed E-state index contributed by atoms with van der Waals surface area (Å²) in [6.45, 7) is -3.80. The van der Waals surface area contributed by atoms with Crippen LogP contribution in [0.2, 0.25) is 0 Å². The third-order valence-corrected chi connectivity index (χ3v) is 14.5. The number of aromatic nitrogens is 4. The zero-order chi connectivity index (χ0) is 71.4. The van der Waals surface area contributed by atoms with Gasteiger partial charge in [-0.1, -0.05) is 178 Å². The standard InChI is InChI=1S/C68H66N4O.Pt/c1-64(2,3)46-32-37-69-60(39-46)72-56-25-16-15-24-50(56)51-30-29-49(41-59(51)72)73-48-23-19-22-47(40-48)70-43-71(58-27-18-17-26-57(58)70)63-52(44-20-13-12-14-21-44)42-55-62(68(10,11)36-35-67(55,8)9)61(63)45-28-31-53-54(38-45)66(6,7)34-33-65(53,4)5;/h12-32,37-39,42H,33-36H2,1-11H3;/q-2;/i4D3,5D3,6D3,7D3,12D,13D,14D,20D,21D,28D,31D,33D2,34D2,38D;. The van der Waals surface area contributed by atoms with Gasteiger partial charge in [0.15, 0.2) is 0 Å². The Morgan fingerprint density at radius 3 is 2.18 bits per heavy atom. The van der Waals surface area contributed by atoms with Gasteiger partial charge in [0.1, 0.15) is 5.82 Å². The molecule has 0 bridgehead atoms. The van der Waals surface area contributed by atoms with Gasteiger partial charge in [0, 0.05) is 66.2 Å². The number of rotatable bonds is 7. The van der Waals surface area contributed by atoms with Crippen LogP contribution in [0.4, 0.5) is 0 Å². The first-order valence-electron chi connectivity index (χ1n) is 36.2. The quantitative estimate of drug-likeness (QED) is 0.118. The molecule has 0 aliphatic heterocycles. The first kappa shape index (κ1) is 28.9. The summed E-state index contributed by atoms with van der Waals surface area (Å²) in [7, 11) is 0. The van der Waals surface area contributed by atoms with Crippen LogP contribution in [0, 0.1) is 18.5 Å². The number of benzene rings is 7. The molecular formula is C68H66N4OPt-2. The van der Waals surface area contributed by atoms with Crippen molar-refractivity contribution in [1.29, 1.82) is 0 Å². The van der Waals surface area contributed by atoms with E-state index in [1.807, 2.05) is 60.9 Å². The van der Waals surface area contributed by atoms with Crippen LogP contribution in [-0.2, 0) is 48.1 Å². The number of nitrogens with zero attached hydrogens (tertiary/aromatic N) is 4. The summed E-state index contributed by atoms with van der Waals surface area (Å²) >= 11 is 0.